The smallest absolute Gasteiger partial charge is 0.188 e. The Hall–Kier alpha value is -0.0500. The van der Waals surface area contributed by atoms with Gasteiger partial charge >= 0.3 is 0 Å². The predicted octanol–water partition coefficient (Wildman–Crippen LogP) is -2.92. The van der Waals surface area contributed by atoms with Crippen LogP contribution in [0, 0.1) is 0 Å². The summed E-state index contributed by atoms with van der Waals surface area (Å²) in [6.07, 6.45) is -4.07. The van der Waals surface area contributed by atoms with Crippen molar-refractivity contribution in [2.24, 2.45) is 0 Å². The Bertz CT molecular complexity index is 183. The third-order valence-corrected chi connectivity index (χ3v) is 2.73. The number of rotatable bonds is 1. The van der Waals surface area contributed by atoms with Crippen molar-refractivity contribution in [1.82, 2.24) is 0 Å². The molecule has 1 aliphatic rings. The monoisotopic (exact) mass is 198 g/mol. The van der Waals surface area contributed by atoms with E-state index in [1.165, 1.54) is 0 Å². The molecular weight excluding hydrogens is 188 g/mol. The van der Waals surface area contributed by atoms with Gasteiger partial charge in [-0.25, -0.2) is 4.21 Å². The molecule has 0 aromatic rings. The van der Waals surface area contributed by atoms with Crippen LogP contribution in [0.15, 0.2) is 0 Å². The quantitative estimate of drug-likeness (QED) is 0.359. The van der Waals surface area contributed by atoms with E-state index in [-0.39, 0.29) is 0 Å². The first kappa shape index (κ1) is 10.0. The molecule has 0 aromatic carbocycles. The van der Waals surface area contributed by atoms with Crippen LogP contribution in [0.25, 0.3) is 0 Å². The Morgan fingerprint density at radius 3 is 2.33 bits per heavy atom. The van der Waals surface area contributed by atoms with Crippen LogP contribution >= 0.6 is 0 Å². The Labute approximate surface area is 71.1 Å². The van der Waals surface area contributed by atoms with Gasteiger partial charge < -0.3 is 20.4 Å². The molecule has 0 spiro atoms. The molecule has 72 valence electrons. The van der Waals surface area contributed by atoms with Crippen LogP contribution in [0.5, 0.6) is 0 Å². The molecule has 1 saturated heterocycles. The molecule has 0 bridgehead atoms. The highest BCUT2D eigenvalue weighted by atomic mass is 32.2. The summed E-state index contributed by atoms with van der Waals surface area (Å²) in [5, 5.41) is 35.6. The number of aliphatic hydroxyl groups is 4. The second-order valence-electron chi connectivity index (χ2n) is 2.45. The van der Waals surface area contributed by atoms with E-state index in [0.717, 1.165) is 0 Å². The summed E-state index contributed by atoms with van der Waals surface area (Å²) in [7, 11) is 0. The number of aliphatic hydroxyl groups excluding tert-OH is 4. The zero-order valence-corrected chi connectivity index (χ0v) is 6.85. The van der Waals surface area contributed by atoms with Crippen molar-refractivity contribution in [3.05, 3.63) is 0 Å². The van der Waals surface area contributed by atoms with Gasteiger partial charge in [-0.15, -0.1) is 0 Å². The second kappa shape index (κ2) is 3.77. The molecule has 4 N–H and O–H groups in total. The molecule has 1 fully saturated rings. The predicted molar refractivity (Wildman–Crippen MR) is 38.1 cm³/mol. The molecular formula is C5H10O6S. The van der Waals surface area contributed by atoms with Crippen LogP contribution in [0.3, 0.4) is 0 Å². The maximum absolute atomic E-state index is 10.8. The Morgan fingerprint density at radius 2 is 1.83 bits per heavy atom. The summed E-state index contributed by atoms with van der Waals surface area (Å²) in [5.74, 6) is 0. The molecule has 1 unspecified atom stereocenters. The minimum atomic E-state index is -2.08. The lowest BCUT2D eigenvalue weighted by atomic mass is 10.1. The van der Waals surface area contributed by atoms with Gasteiger partial charge in [-0.2, -0.15) is 0 Å². The fourth-order valence-corrected chi connectivity index (χ4v) is 1.80. The highest BCUT2D eigenvalue weighted by Crippen LogP contribution is 2.18. The first-order valence-electron chi connectivity index (χ1n) is 3.30. The van der Waals surface area contributed by atoms with Gasteiger partial charge in [-0.05, 0) is 0 Å². The summed E-state index contributed by atoms with van der Waals surface area (Å²) in [5.41, 5.74) is -1.62. The van der Waals surface area contributed by atoms with E-state index in [1.807, 2.05) is 0 Å². The molecule has 0 aliphatic carbocycles. The highest BCUT2D eigenvalue weighted by Gasteiger charge is 2.42. The fourth-order valence-electron chi connectivity index (χ4n) is 0.877. The Balaban J connectivity index is 2.70. The van der Waals surface area contributed by atoms with E-state index in [4.69, 9.17) is 20.4 Å². The SMILES string of the molecule is O=S1O[C@H](CO)[C@H](O)[C@H](O)[C@H]1O. The number of hydrogen-bond acceptors (Lipinski definition) is 6. The molecule has 0 amide bonds. The van der Waals surface area contributed by atoms with E-state index >= 15 is 0 Å². The van der Waals surface area contributed by atoms with Gasteiger partial charge in [0.25, 0.3) is 0 Å². The van der Waals surface area contributed by atoms with Crippen LogP contribution in [0.1, 0.15) is 0 Å². The van der Waals surface area contributed by atoms with Gasteiger partial charge in [-0.3, -0.25) is 4.18 Å². The summed E-state index contributed by atoms with van der Waals surface area (Å²) >= 11 is -2.08. The van der Waals surface area contributed by atoms with Crippen LogP contribution < -0.4 is 0 Å². The lowest BCUT2D eigenvalue weighted by Crippen LogP contribution is -2.54. The zero-order valence-electron chi connectivity index (χ0n) is 6.03. The van der Waals surface area contributed by atoms with E-state index in [9.17, 15) is 4.21 Å². The van der Waals surface area contributed by atoms with Crippen molar-refractivity contribution < 1.29 is 28.8 Å². The third-order valence-electron chi connectivity index (χ3n) is 1.62. The maximum Gasteiger partial charge on any atom is 0.188 e. The Kier molecular flexibility index (Phi) is 3.16. The molecule has 7 heteroatoms. The Morgan fingerprint density at radius 1 is 1.25 bits per heavy atom. The molecule has 0 radical (unpaired) electrons. The van der Waals surface area contributed by atoms with E-state index in [0.29, 0.717) is 0 Å². The lowest BCUT2D eigenvalue weighted by Gasteiger charge is -2.32. The molecule has 0 aromatic heterocycles. The molecule has 1 heterocycles. The second-order valence-corrected chi connectivity index (χ2v) is 3.65. The normalized spacial score (nSPS) is 49.2. The van der Waals surface area contributed by atoms with E-state index in [1.54, 1.807) is 0 Å². The van der Waals surface area contributed by atoms with Crippen molar-refractivity contribution in [2.45, 2.75) is 23.7 Å². The van der Waals surface area contributed by atoms with E-state index < -0.39 is 41.4 Å². The van der Waals surface area contributed by atoms with Gasteiger partial charge in [0.05, 0.1) is 6.61 Å². The average molecular weight is 198 g/mol. The van der Waals surface area contributed by atoms with Crippen LogP contribution in [-0.4, -0.2) is 55.0 Å². The van der Waals surface area contributed by atoms with Gasteiger partial charge in [0.2, 0.25) is 0 Å². The van der Waals surface area contributed by atoms with E-state index in [2.05, 4.69) is 4.18 Å². The van der Waals surface area contributed by atoms with Crippen LogP contribution in [-0.2, 0) is 15.3 Å². The van der Waals surface area contributed by atoms with Crippen molar-refractivity contribution in [2.75, 3.05) is 6.61 Å². The summed E-state index contributed by atoms with van der Waals surface area (Å²) < 4.78 is 15.3. The molecule has 5 atom stereocenters. The lowest BCUT2D eigenvalue weighted by molar-refractivity contribution is -0.106. The van der Waals surface area contributed by atoms with Crippen molar-refractivity contribution in [3.8, 4) is 0 Å². The van der Waals surface area contributed by atoms with Crippen molar-refractivity contribution in [1.29, 1.82) is 0 Å². The molecule has 12 heavy (non-hydrogen) atoms. The van der Waals surface area contributed by atoms with Crippen molar-refractivity contribution in [3.63, 3.8) is 0 Å². The molecule has 1 aliphatic heterocycles. The zero-order chi connectivity index (χ0) is 9.30. The van der Waals surface area contributed by atoms with Crippen molar-refractivity contribution >= 4 is 11.1 Å². The summed E-state index contributed by atoms with van der Waals surface area (Å²) in [4.78, 5) is 0. The first-order chi connectivity index (χ1) is 5.57. The number of hydrogen-bond donors (Lipinski definition) is 4. The van der Waals surface area contributed by atoms with Crippen LogP contribution in [0.4, 0.5) is 0 Å². The average Bonchev–Trinajstić information content (AvgIpc) is 2.08. The van der Waals surface area contributed by atoms with Gasteiger partial charge in [-0.1, -0.05) is 0 Å². The largest absolute Gasteiger partial charge is 0.394 e. The summed E-state index contributed by atoms with van der Waals surface area (Å²) in [6, 6.07) is 0. The fraction of sp³-hybridized carbons (Fsp3) is 1.00. The minimum absolute atomic E-state index is 0.559. The van der Waals surface area contributed by atoms with Gasteiger partial charge in [0, 0.05) is 0 Å². The molecule has 6 nitrogen and oxygen atoms in total. The topological polar surface area (TPSA) is 107 Å². The van der Waals surface area contributed by atoms with Gasteiger partial charge in [0.1, 0.15) is 18.3 Å². The summed E-state index contributed by atoms with van der Waals surface area (Å²) in [6.45, 7) is -0.559. The first-order valence-corrected chi connectivity index (χ1v) is 4.44. The molecule has 1 rings (SSSR count). The minimum Gasteiger partial charge on any atom is -0.394 e. The highest BCUT2D eigenvalue weighted by molar-refractivity contribution is 7.80. The molecule has 0 saturated carbocycles. The van der Waals surface area contributed by atoms with Crippen LogP contribution in [0.2, 0.25) is 0 Å². The standard InChI is InChI=1S/C5H10O6S/c6-1-2-3(7)4(8)5(9)12(10)11-2/h2-9H,1H2/t2-,3+,4+,5+,12?/m1/s1. The third kappa shape index (κ3) is 1.65. The van der Waals surface area contributed by atoms with Gasteiger partial charge in [0.15, 0.2) is 16.5 Å². The maximum atomic E-state index is 10.8.